The number of nitrogens with one attached hydrogen (secondary N) is 1. The number of nitrogens with zero attached hydrogens (tertiary/aromatic N) is 1. The van der Waals surface area contributed by atoms with E-state index < -0.39 is 18.6 Å². The Balaban J connectivity index is 2.06. The molecular weight excluding hydrogens is 253 g/mol. The minimum atomic E-state index is -4.13. The molecule has 0 fully saturated rings. The van der Waals surface area contributed by atoms with Gasteiger partial charge in [-0.15, -0.1) is 0 Å². The van der Waals surface area contributed by atoms with Crippen molar-refractivity contribution in [2.24, 2.45) is 0 Å². The van der Waals surface area contributed by atoms with Crippen LogP contribution in [0.1, 0.15) is 18.9 Å². The molecule has 1 heterocycles. The monoisotopic (exact) mass is 268 g/mol. The maximum Gasteiger partial charge on any atom is 0.390 e. The predicted molar refractivity (Wildman–Crippen MR) is 68.7 cm³/mol. The Bertz CT molecular complexity index is 546. The highest BCUT2D eigenvalue weighted by molar-refractivity contribution is 5.84. The van der Waals surface area contributed by atoms with Crippen molar-refractivity contribution in [2.45, 2.75) is 32.1 Å². The Morgan fingerprint density at radius 3 is 2.79 bits per heavy atom. The molecule has 0 bridgehead atoms. The van der Waals surface area contributed by atoms with Crippen LogP contribution in [0.15, 0.2) is 36.7 Å². The molecule has 19 heavy (non-hydrogen) atoms. The molecule has 0 radical (unpaired) electrons. The Kier molecular flexibility index (Phi) is 4.04. The molecule has 0 aliphatic carbocycles. The summed E-state index contributed by atoms with van der Waals surface area (Å²) in [6, 6.07) is 7.01. The van der Waals surface area contributed by atoms with Gasteiger partial charge in [0.25, 0.3) is 0 Å². The van der Waals surface area contributed by atoms with Crippen molar-refractivity contribution in [1.82, 2.24) is 10.3 Å². The molecule has 1 unspecified atom stereocenters. The molecule has 2 nitrogen and oxygen atoms in total. The Morgan fingerprint density at radius 2 is 2.05 bits per heavy atom. The summed E-state index contributed by atoms with van der Waals surface area (Å²) in [7, 11) is 0. The maximum atomic E-state index is 12.2. The Hall–Kier alpha value is -1.62. The van der Waals surface area contributed by atoms with Gasteiger partial charge in [-0.25, -0.2) is 0 Å². The van der Waals surface area contributed by atoms with Crippen molar-refractivity contribution in [3.05, 3.63) is 42.2 Å². The molecule has 1 aromatic carbocycles. The lowest BCUT2D eigenvalue weighted by atomic mass is 10.1. The van der Waals surface area contributed by atoms with Gasteiger partial charge in [-0.05, 0) is 23.9 Å². The van der Waals surface area contributed by atoms with Crippen LogP contribution >= 0.6 is 0 Å². The van der Waals surface area contributed by atoms with E-state index in [1.807, 2.05) is 24.3 Å². The molecule has 5 heteroatoms. The smallest absolute Gasteiger partial charge is 0.310 e. The standard InChI is InChI=1S/C14H15F3N2/c1-10(7-14(15,16)17)19-9-12-4-2-3-11-8-18-6-5-13(11)12/h2-6,8,10,19H,7,9H2,1H3. The minimum absolute atomic E-state index is 0.415. The summed E-state index contributed by atoms with van der Waals surface area (Å²) in [5.41, 5.74) is 0.980. The number of alkyl halides is 3. The van der Waals surface area contributed by atoms with Crippen molar-refractivity contribution in [3.63, 3.8) is 0 Å². The van der Waals surface area contributed by atoms with Gasteiger partial charge in [0.05, 0.1) is 6.42 Å². The van der Waals surface area contributed by atoms with Crippen LogP contribution in [0.2, 0.25) is 0 Å². The lowest BCUT2D eigenvalue weighted by molar-refractivity contribution is -0.139. The van der Waals surface area contributed by atoms with Gasteiger partial charge in [0.15, 0.2) is 0 Å². The molecule has 0 aliphatic heterocycles. The van der Waals surface area contributed by atoms with E-state index in [2.05, 4.69) is 10.3 Å². The first-order chi connectivity index (χ1) is 8.96. The number of benzene rings is 1. The molecule has 2 rings (SSSR count). The first-order valence-electron chi connectivity index (χ1n) is 6.07. The van der Waals surface area contributed by atoms with E-state index in [9.17, 15) is 13.2 Å². The number of hydrogen-bond acceptors (Lipinski definition) is 2. The van der Waals surface area contributed by atoms with Gasteiger partial charge in [0.2, 0.25) is 0 Å². The minimum Gasteiger partial charge on any atom is -0.310 e. The fraction of sp³-hybridized carbons (Fsp3) is 0.357. The Labute approximate surface area is 109 Å². The average molecular weight is 268 g/mol. The maximum absolute atomic E-state index is 12.2. The number of hydrogen-bond donors (Lipinski definition) is 1. The Morgan fingerprint density at radius 1 is 1.26 bits per heavy atom. The molecule has 1 atom stereocenters. The van der Waals surface area contributed by atoms with E-state index in [-0.39, 0.29) is 0 Å². The molecule has 0 saturated carbocycles. The molecule has 2 aromatic rings. The van der Waals surface area contributed by atoms with Crippen molar-refractivity contribution in [3.8, 4) is 0 Å². The molecule has 1 aromatic heterocycles. The second-order valence-electron chi connectivity index (χ2n) is 4.62. The van der Waals surface area contributed by atoms with Gasteiger partial charge in [0.1, 0.15) is 0 Å². The summed E-state index contributed by atoms with van der Waals surface area (Å²) in [6.45, 7) is 1.96. The highest BCUT2D eigenvalue weighted by Crippen LogP contribution is 2.22. The molecule has 0 spiro atoms. The summed E-state index contributed by atoms with van der Waals surface area (Å²) in [5.74, 6) is 0. The van der Waals surface area contributed by atoms with Gasteiger partial charge in [-0.2, -0.15) is 13.2 Å². The summed E-state index contributed by atoms with van der Waals surface area (Å²) in [5, 5.41) is 4.92. The highest BCUT2D eigenvalue weighted by atomic mass is 19.4. The van der Waals surface area contributed by atoms with Crippen molar-refractivity contribution < 1.29 is 13.2 Å². The van der Waals surface area contributed by atoms with E-state index in [1.165, 1.54) is 0 Å². The normalized spacial score (nSPS) is 13.7. The second kappa shape index (κ2) is 5.57. The van der Waals surface area contributed by atoms with Crippen LogP contribution in [0.3, 0.4) is 0 Å². The average Bonchev–Trinajstić information content (AvgIpc) is 2.34. The number of halogens is 3. The van der Waals surface area contributed by atoms with E-state index >= 15 is 0 Å². The third-order valence-electron chi connectivity index (χ3n) is 2.95. The molecule has 0 aliphatic rings. The van der Waals surface area contributed by atoms with Crippen LogP contribution in [0.4, 0.5) is 13.2 Å². The van der Waals surface area contributed by atoms with E-state index in [4.69, 9.17) is 0 Å². The molecular formula is C14H15F3N2. The fourth-order valence-electron chi connectivity index (χ4n) is 2.05. The molecule has 102 valence electrons. The second-order valence-corrected chi connectivity index (χ2v) is 4.62. The van der Waals surface area contributed by atoms with Gasteiger partial charge in [-0.1, -0.05) is 18.2 Å². The number of rotatable bonds is 4. The van der Waals surface area contributed by atoms with Crippen LogP contribution in [0.25, 0.3) is 10.8 Å². The summed E-state index contributed by atoms with van der Waals surface area (Å²) >= 11 is 0. The fourth-order valence-corrected chi connectivity index (χ4v) is 2.05. The number of pyridine rings is 1. The first kappa shape index (κ1) is 13.8. The topological polar surface area (TPSA) is 24.9 Å². The van der Waals surface area contributed by atoms with Gasteiger partial charge >= 0.3 is 6.18 Å². The lowest BCUT2D eigenvalue weighted by Gasteiger charge is -2.16. The zero-order chi connectivity index (χ0) is 13.9. The van der Waals surface area contributed by atoms with Gasteiger partial charge in [0, 0.05) is 30.4 Å². The quantitative estimate of drug-likeness (QED) is 0.915. The van der Waals surface area contributed by atoms with Crippen molar-refractivity contribution in [1.29, 1.82) is 0 Å². The predicted octanol–water partition coefficient (Wildman–Crippen LogP) is 3.67. The molecule has 0 saturated heterocycles. The molecule has 0 amide bonds. The van der Waals surface area contributed by atoms with E-state index in [0.29, 0.717) is 6.54 Å². The summed E-state index contributed by atoms with van der Waals surface area (Å²) in [6.07, 6.45) is -1.52. The van der Waals surface area contributed by atoms with Crippen molar-refractivity contribution >= 4 is 10.8 Å². The zero-order valence-corrected chi connectivity index (χ0v) is 10.5. The first-order valence-corrected chi connectivity index (χ1v) is 6.07. The van der Waals surface area contributed by atoms with Crippen LogP contribution in [0, 0.1) is 0 Å². The van der Waals surface area contributed by atoms with E-state index in [0.717, 1.165) is 16.3 Å². The van der Waals surface area contributed by atoms with Crippen LogP contribution in [-0.4, -0.2) is 17.2 Å². The lowest BCUT2D eigenvalue weighted by Crippen LogP contribution is -2.30. The SMILES string of the molecule is CC(CC(F)(F)F)NCc1cccc2cnccc12. The van der Waals surface area contributed by atoms with Crippen LogP contribution < -0.4 is 5.32 Å². The number of aromatic nitrogens is 1. The van der Waals surface area contributed by atoms with Gasteiger partial charge < -0.3 is 5.32 Å². The highest BCUT2D eigenvalue weighted by Gasteiger charge is 2.29. The zero-order valence-electron chi connectivity index (χ0n) is 10.5. The van der Waals surface area contributed by atoms with Gasteiger partial charge in [-0.3, -0.25) is 4.98 Å². The molecule has 1 N–H and O–H groups in total. The van der Waals surface area contributed by atoms with E-state index in [1.54, 1.807) is 19.3 Å². The van der Waals surface area contributed by atoms with Crippen molar-refractivity contribution in [2.75, 3.05) is 0 Å². The third-order valence-corrected chi connectivity index (χ3v) is 2.95. The summed E-state index contributed by atoms with van der Waals surface area (Å²) < 4.78 is 36.7. The van der Waals surface area contributed by atoms with Crippen LogP contribution in [0.5, 0.6) is 0 Å². The largest absolute Gasteiger partial charge is 0.390 e. The summed E-state index contributed by atoms with van der Waals surface area (Å²) in [4.78, 5) is 4.03. The van der Waals surface area contributed by atoms with Crippen LogP contribution in [-0.2, 0) is 6.54 Å². The number of fused-ring (bicyclic) bond motifs is 1. The third kappa shape index (κ3) is 3.92.